The van der Waals surface area contributed by atoms with Gasteiger partial charge in [0, 0.05) is 51.5 Å². The quantitative estimate of drug-likeness (QED) is 0.554. The highest BCUT2D eigenvalue weighted by molar-refractivity contribution is 6.27. The predicted molar refractivity (Wildman–Crippen MR) is 119 cm³/mol. The number of benzene rings is 2. The van der Waals surface area contributed by atoms with Crippen molar-refractivity contribution in [2.75, 3.05) is 56.6 Å². The highest BCUT2D eigenvalue weighted by Gasteiger charge is 2.27. The van der Waals surface area contributed by atoms with Crippen LogP contribution >= 0.6 is 11.6 Å². The van der Waals surface area contributed by atoms with E-state index in [0.29, 0.717) is 18.8 Å². The topological polar surface area (TPSA) is 88.1 Å². The molecular weight excluding hydrogens is 404 g/mol. The molecule has 1 atom stereocenters. The summed E-state index contributed by atoms with van der Waals surface area (Å²) in [5, 5.41) is 24.9. The number of nitrogens with one attached hydrogen (secondary N) is 2. The fourth-order valence-corrected chi connectivity index (χ4v) is 3.81. The molecule has 0 spiro atoms. The molecule has 2 aromatic carbocycles. The van der Waals surface area contributed by atoms with Gasteiger partial charge in [-0.15, -0.1) is 11.6 Å². The second kappa shape index (κ2) is 11.1. The van der Waals surface area contributed by atoms with Gasteiger partial charge in [-0.3, -0.25) is 4.79 Å². The third-order valence-corrected chi connectivity index (χ3v) is 5.52. The lowest BCUT2D eigenvalue weighted by atomic mass is 10.0. The van der Waals surface area contributed by atoms with Crippen LogP contribution in [0.25, 0.3) is 0 Å². The molecule has 2 fully saturated rings. The van der Waals surface area contributed by atoms with E-state index >= 15 is 0 Å². The van der Waals surface area contributed by atoms with Crippen LogP contribution in [0.5, 0.6) is 11.5 Å². The molecule has 2 aliphatic heterocycles. The van der Waals surface area contributed by atoms with Gasteiger partial charge in [0.05, 0.1) is 6.04 Å². The van der Waals surface area contributed by atoms with Crippen LogP contribution in [0.4, 0.5) is 5.69 Å². The van der Waals surface area contributed by atoms with Gasteiger partial charge in [-0.2, -0.15) is 0 Å². The normalized spacial score (nSPS) is 19.0. The van der Waals surface area contributed by atoms with Crippen molar-refractivity contribution in [3.63, 3.8) is 0 Å². The number of amides is 1. The molecule has 162 valence electrons. The zero-order chi connectivity index (χ0) is 21.3. The minimum absolute atomic E-state index is 0.00407. The van der Waals surface area contributed by atoms with E-state index < -0.39 is 0 Å². The van der Waals surface area contributed by atoms with Crippen LogP contribution < -0.4 is 15.5 Å². The molecule has 2 aliphatic rings. The van der Waals surface area contributed by atoms with E-state index in [9.17, 15) is 9.90 Å². The van der Waals surface area contributed by atoms with Crippen molar-refractivity contribution < 1.29 is 15.0 Å². The molecule has 0 saturated carbocycles. The van der Waals surface area contributed by atoms with Crippen molar-refractivity contribution in [1.82, 2.24) is 15.5 Å². The van der Waals surface area contributed by atoms with Gasteiger partial charge in [-0.1, -0.05) is 12.1 Å². The van der Waals surface area contributed by atoms with Gasteiger partial charge in [0.2, 0.25) is 5.91 Å². The fraction of sp³-hybridized carbons (Fsp3) is 0.409. The number of carbonyl (C=O) groups is 1. The lowest BCUT2D eigenvalue weighted by molar-refractivity contribution is -0.131. The van der Waals surface area contributed by atoms with Gasteiger partial charge in [-0.05, 0) is 42.0 Å². The fourth-order valence-electron chi connectivity index (χ4n) is 3.66. The maximum absolute atomic E-state index is 11.7. The molecule has 2 heterocycles. The molecule has 30 heavy (non-hydrogen) atoms. The van der Waals surface area contributed by atoms with E-state index in [4.69, 9.17) is 16.7 Å². The van der Waals surface area contributed by atoms with E-state index in [1.807, 2.05) is 24.3 Å². The highest BCUT2D eigenvalue weighted by Crippen LogP contribution is 2.24. The van der Waals surface area contributed by atoms with Crippen molar-refractivity contribution in [1.29, 1.82) is 0 Å². The zero-order valence-electron chi connectivity index (χ0n) is 16.9. The second-order valence-electron chi connectivity index (χ2n) is 7.29. The monoisotopic (exact) mass is 432 g/mol. The Morgan fingerprint density at radius 1 is 0.900 bits per heavy atom. The molecule has 0 bridgehead atoms. The van der Waals surface area contributed by atoms with Crippen molar-refractivity contribution in [2.24, 2.45) is 0 Å². The number of halogens is 1. The van der Waals surface area contributed by atoms with Crippen LogP contribution in [-0.4, -0.2) is 72.7 Å². The third kappa shape index (κ3) is 6.01. The molecule has 4 N–H and O–H groups in total. The Balaban J connectivity index is 0.000000177. The number of nitrogens with zero attached hydrogens (tertiary/aromatic N) is 2. The van der Waals surface area contributed by atoms with Crippen LogP contribution in [0.2, 0.25) is 0 Å². The van der Waals surface area contributed by atoms with Gasteiger partial charge in [-0.25, -0.2) is 0 Å². The lowest BCUT2D eigenvalue weighted by Gasteiger charge is -2.36. The Kier molecular flexibility index (Phi) is 8.19. The largest absolute Gasteiger partial charge is 0.508 e. The summed E-state index contributed by atoms with van der Waals surface area (Å²) in [4.78, 5) is 15.8. The summed E-state index contributed by atoms with van der Waals surface area (Å²) >= 11 is 5.61. The molecule has 2 saturated heterocycles. The number of anilines is 1. The number of piperazine rings is 2. The molecule has 0 radical (unpaired) electrons. The van der Waals surface area contributed by atoms with Crippen LogP contribution in [0.15, 0.2) is 48.5 Å². The van der Waals surface area contributed by atoms with Crippen molar-refractivity contribution in [2.45, 2.75) is 6.04 Å². The van der Waals surface area contributed by atoms with E-state index in [-0.39, 0.29) is 23.6 Å². The number of phenolic OH excluding ortho intramolecular Hbond substituents is 2. The van der Waals surface area contributed by atoms with E-state index in [1.54, 1.807) is 29.2 Å². The average molecular weight is 433 g/mol. The SMILES string of the molecule is O=C(CCl)N1CCNCC1c1ccc(O)cc1.Oc1ccc(N2CCNCC2)cc1. The Morgan fingerprint density at radius 2 is 1.47 bits per heavy atom. The second-order valence-corrected chi connectivity index (χ2v) is 7.55. The molecule has 7 nitrogen and oxygen atoms in total. The molecule has 8 heteroatoms. The van der Waals surface area contributed by atoms with Gasteiger partial charge in [0.15, 0.2) is 0 Å². The number of aromatic hydroxyl groups is 2. The first kappa shape index (κ1) is 22.2. The average Bonchev–Trinajstić information content (AvgIpc) is 2.80. The summed E-state index contributed by atoms with van der Waals surface area (Å²) in [6, 6.07) is 14.3. The molecule has 1 unspecified atom stereocenters. The Morgan fingerprint density at radius 3 is 2.07 bits per heavy atom. The maximum atomic E-state index is 11.7. The number of hydrogen-bond acceptors (Lipinski definition) is 6. The number of phenols is 2. The Bertz CT molecular complexity index is 795. The molecule has 2 aromatic rings. The van der Waals surface area contributed by atoms with E-state index in [1.165, 1.54) is 5.69 Å². The molecule has 0 aliphatic carbocycles. The van der Waals surface area contributed by atoms with Gasteiger partial charge >= 0.3 is 0 Å². The third-order valence-electron chi connectivity index (χ3n) is 5.29. The molecular formula is C22H29ClN4O3. The van der Waals surface area contributed by atoms with E-state index in [0.717, 1.165) is 38.3 Å². The molecule has 1 amide bonds. The zero-order valence-corrected chi connectivity index (χ0v) is 17.7. The number of carbonyl (C=O) groups excluding carboxylic acids is 1. The number of rotatable bonds is 3. The van der Waals surface area contributed by atoms with Gasteiger partial charge < -0.3 is 30.6 Å². The lowest BCUT2D eigenvalue weighted by Crippen LogP contribution is -2.49. The summed E-state index contributed by atoms with van der Waals surface area (Å²) < 4.78 is 0. The first-order valence-corrected chi connectivity index (χ1v) is 10.7. The Hall–Kier alpha value is -2.48. The predicted octanol–water partition coefficient (Wildman–Crippen LogP) is 1.91. The van der Waals surface area contributed by atoms with Crippen LogP contribution in [0.3, 0.4) is 0 Å². The maximum Gasteiger partial charge on any atom is 0.238 e. The van der Waals surface area contributed by atoms with Crippen molar-refractivity contribution in [3.8, 4) is 11.5 Å². The van der Waals surface area contributed by atoms with Crippen LogP contribution in [0.1, 0.15) is 11.6 Å². The van der Waals surface area contributed by atoms with E-state index in [2.05, 4.69) is 15.5 Å². The number of alkyl halides is 1. The summed E-state index contributed by atoms with van der Waals surface area (Å²) in [5.74, 6) is 0.520. The molecule has 0 aromatic heterocycles. The minimum Gasteiger partial charge on any atom is -0.508 e. The van der Waals surface area contributed by atoms with Gasteiger partial charge in [0.1, 0.15) is 17.4 Å². The highest BCUT2D eigenvalue weighted by atomic mass is 35.5. The standard InChI is InChI=1S/C12H15ClN2O2.C10H14N2O/c13-7-12(17)15-6-5-14-8-11(15)9-1-3-10(16)4-2-9;13-10-3-1-9(2-4-10)12-7-5-11-6-8-12/h1-4,11,14,16H,5-8H2;1-4,11,13H,5-8H2. The minimum atomic E-state index is -0.0498. The van der Waals surface area contributed by atoms with Gasteiger partial charge in [0.25, 0.3) is 0 Å². The molecule has 4 rings (SSSR count). The summed E-state index contributed by atoms with van der Waals surface area (Å²) in [6.45, 7) is 6.35. The Labute approximate surface area is 182 Å². The summed E-state index contributed by atoms with van der Waals surface area (Å²) in [5.41, 5.74) is 2.20. The summed E-state index contributed by atoms with van der Waals surface area (Å²) in [7, 11) is 0. The summed E-state index contributed by atoms with van der Waals surface area (Å²) in [6.07, 6.45) is 0. The van der Waals surface area contributed by atoms with Crippen molar-refractivity contribution >= 4 is 23.2 Å². The van der Waals surface area contributed by atoms with Crippen molar-refractivity contribution in [3.05, 3.63) is 54.1 Å². The first-order chi connectivity index (χ1) is 14.6. The smallest absolute Gasteiger partial charge is 0.238 e. The first-order valence-electron chi connectivity index (χ1n) is 10.2. The van der Waals surface area contributed by atoms with Crippen LogP contribution in [-0.2, 0) is 4.79 Å². The number of hydrogen-bond donors (Lipinski definition) is 4. The van der Waals surface area contributed by atoms with Crippen LogP contribution in [0, 0.1) is 0 Å².